The summed E-state index contributed by atoms with van der Waals surface area (Å²) in [5, 5.41) is 8.65. The van der Waals surface area contributed by atoms with Gasteiger partial charge in [-0.1, -0.05) is 13.0 Å². The van der Waals surface area contributed by atoms with Gasteiger partial charge in [-0.05, 0) is 42.2 Å². The topological polar surface area (TPSA) is 74.7 Å². The highest BCUT2D eigenvalue weighted by atomic mass is 32.2. The Bertz CT molecular complexity index is 664. The third-order valence-electron chi connectivity index (χ3n) is 3.10. The Balaban J connectivity index is 2.40. The summed E-state index contributed by atoms with van der Waals surface area (Å²) in [4.78, 5) is 10.6. The van der Waals surface area contributed by atoms with Crippen molar-refractivity contribution in [3.8, 4) is 0 Å². The van der Waals surface area contributed by atoms with Crippen LogP contribution in [0.25, 0.3) is 6.08 Å². The molecular weight excluding hydrogens is 278 g/mol. The van der Waals surface area contributed by atoms with Gasteiger partial charge >= 0.3 is 5.97 Å². The Kier molecular flexibility index (Phi) is 3.85. The van der Waals surface area contributed by atoms with Gasteiger partial charge in [0.1, 0.15) is 0 Å². The number of carboxylic acid groups (broad SMARTS) is 1. The van der Waals surface area contributed by atoms with Crippen LogP contribution in [0.4, 0.5) is 5.69 Å². The molecule has 0 bridgehead atoms. The van der Waals surface area contributed by atoms with Crippen molar-refractivity contribution in [2.75, 3.05) is 16.6 Å². The molecule has 1 aromatic rings. The smallest absolute Gasteiger partial charge is 0.328 e. The van der Waals surface area contributed by atoms with E-state index in [-0.39, 0.29) is 11.7 Å². The first-order chi connectivity index (χ1) is 9.28. The van der Waals surface area contributed by atoms with Gasteiger partial charge in [0.25, 0.3) is 0 Å². The summed E-state index contributed by atoms with van der Waals surface area (Å²) < 4.78 is 25.6. The quantitative estimate of drug-likeness (QED) is 0.864. The van der Waals surface area contributed by atoms with Gasteiger partial charge in [0, 0.05) is 12.6 Å². The maximum absolute atomic E-state index is 12.1. The number of hydrogen-bond acceptors (Lipinski definition) is 3. The van der Waals surface area contributed by atoms with Crippen LogP contribution in [0.2, 0.25) is 0 Å². The molecule has 1 atom stereocenters. The zero-order valence-corrected chi connectivity index (χ0v) is 12.2. The van der Waals surface area contributed by atoms with E-state index in [9.17, 15) is 13.2 Å². The largest absolute Gasteiger partial charge is 0.478 e. The Labute approximate surface area is 118 Å². The SMILES string of the molecule is Cc1cc(/C=C/C(=O)O)cc(N2CC(C)CS2(=O)=O)c1. The lowest BCUT2D eigenvalue weighted by Crippen LogP contribution is -2.25. The second-order valence-electron chi connectivity index (χ2n) is 5.19. The first-order valence-corrected chi connectivity index (χ1v) is 7.92. The minimum atomic E-state index is -3.26. The molecule has 0 amide bonds. The number of carboxylic acids is 1. The van der Waals surface area contributed by atoms with E-state index in [1.807, 2.05) is 19.9 Å². The molecule has 108 valence electrons. The molecular formula is C14H17NO4S. The molecule has 0 aromatic heterocycles. The Morgan fingerprint density at radius 3 is 2.65 bits per heavy atom. The predicted molar refractivity (Wildman–Crippen MR) is 78.1 cm³/mol. The third-order valence-corrected chi connectivity index (χ3v) is 5.12. The highest BCUT2D eigenvalue weighted by molar-refractivity contribution is 7.93. The van der Waals surface area contributed by atoms with Crippen molar-refractivity contribution < 1.29 is 18.3 Å². The van der Waals surface area contributed by atoms with Crippen molar-refractivity contribution in [2.24, 2.45) is 5.92 Å². The molecule has 5 nitrogen and oxygen atoms in total. The van der Waals surface area contributed by atoms with Crippen LogP contribution in [-0.4, -0.2) is 31.8 Å². The molecule has 1 fully saturated rings. The van der Waals surface area contributed by atoms with Crippen LogP contribution in [0.15, 0.2) is 24.3 Å². The fourth-order valence-corrected chi connectivity index (χ4v) is 4.28. The minimum Gasteiger partial charge on any atom is -0.478 e. The molecule has 1 aliphatic rings. The van der Waals surface area contributed by atoms with E-state index in [2.05, 4.69) is 0 Å². The molecule has 0 spiro atoms. The molecule has 20 heavy (non-hydrogen) atoms. The van der Waals surface area contributed by atoms with Crippen molar-refractivity contribution in [1.82, 2.24) is 0 Å². The Hall–Kier alpha value is -1.82. The third kappa shape index (κ3) is 3.19. The number of anilines is 1. The van der Waals surface area contributed by atoms with E-state index in [1.165, 1.54) is 10.4 Å². The number of aryl methyl sites for hydroxylation is 1. The van der Waals surface area contributed by atoms with E-state index >= 15 is 0 Å². The summed E-state index contributed by atoms with van der Waals surface area (Å²) in [5.74, 6) is -0.782. The summed E-state index contributed by atoms with van der Waals surface area (Å²) in [7, 11) is -3.26. The van der Waals surface area contributed by atoms with Crippen molar-refractivity contribution in [1.29, 1.82) is 0 Å². The summed E-state index contributed by atoms with van der Waals surface area (Å²) in [6.45, 7) is 4.22. The van der Waals surface area contributed by atoms with Gasteiger partial charge in [0.15, 0.2) is 0 Å². The normalized spacial score (nSPS) is 21.5. The number of rotatable bonds is 3. The zero-order valence-electron chi connectivity index (χ0n) is 11.4. The van der Waals surface area contributed by atoms with Gasteiger partial charge in [0.2, 0.25) is 10.0 Å². The fourth-order valence-electron chi connectivity index (χ4n) is 2.36. The maximum Gasteiger partial charge on any atom is 0.328 e. The molecule has 1 saturated heterocycles. The molecule has 0 radical (unpaired) electrons. The van der Waals surface area contributed by atoms with Gasteiger partial charge in [-0.3, -0.25) is 4.31 Å². The predicted octanol–water partition coefficient (Wildman–Crippen LogP) is 1.88. The van der Waals surface area contributed by atoms with Crippen LogP contribution in [0.3, 0.4) is 0 Å². The number of sulfonamides is 1. The number of nitrogens with zero attached hydrogens (tertiary/aromatic N) is 1. The van der Waals surface area contributed by atoms with E-state index in [0.717, 1.165) is 11.6 Å². The molecule has 0 aliphatic carbocycles. The van der Waals surface area contributed by atoms with Crippen LogP contribution >= 0.6 is 0 Å². The van der Waals surface area contributed by atoms with Crippen molar-refractivity contribution in [2.45, 2.75) is 13.8 Å². The number of hydrogen-bond donors (Lipinski definition) is 1. The van der Waals surface area contributed by atoms with Gasteiger partial charge in [-0.15, -0.1) is 0 Å². The lowest BCUT2D eigenvalue weighted by atomic mass is 10.1. The molecule has 1 aliphatic heterocycles. The van der Waals surface area contributed by atoms with E-state index in [0.29, 0.717) is 17.8 Å². The highest BCUT2D eigenvalue weighted by Crippen LogP contribution is 2.28. The second kappa shape index (κ2) is 5.28. The van der Waals surface area contributed by atoms with Crippen molar-refractivity contribution in [3.05, 3.63) is 35.4 Å². The van der Waals surface area contributed by atoms with Gasteiger partial charge < -0.3 is 5.11 Å². The number of aliphatic carboxylic acids is 1. The summed E-state index contributed by atoms with van der Waals surface area (Å²) in [6, 6.07) is 5.31. The molecule has 2 rings (SSSR count). The van der Waals surface area contributed by atoms with E-state index in [4.69, 9.17) is 5.11 Å². The van der Waals surface area contributed by atoms with Crippen LogP contribution in [0.1, 0.15) is 18.1 Å². The monoisotopic (exact) mass is 295 g/mol. The van der Waals surface area contributed by atoms with Crippen LogP contribution < -0.4 is 4.31 Å². The molecule has 1 heterocycles. The number of benzene rings is 1. The standard InChI is InChI=1S/C14H17NO4S/c1-10-5-12(3-4-14(16)17)7-13(6-10)15-8-11(2)9-20(15,18)19/h3-7,11H,8-9H2,1-2H3,(H,16,17)/b4-3+. The Morgan fingerprint density at radius 2 is 2.10 bits per heavy atom. The maximum atomic E-state index is 12.1. The zero-order chi connectivity index (χ0) is 14.9. The summed E-state index contributed by atoms with van der Waals surface area (Å²) in [6.07, 6.45) is 2.50. The fraction of sp³-hybridized carbons (Fsp3) is 0.357. The summed E-state index contributed by atoms with van der Waals surface area (Å²) >= 11 is 0. The second-order valence-corrected chi connectivity index (χ2v) is 7.13. The van der Waals surface area contributed by atoms with Crippen LogP contribution in [-0.2, 0) is 14.8 Å². The van der Waals surface area contributed by atoms with E-state index in [1.54, 1.807) is 12.1 Å². The molecule has 1 aromatic carbocycles. The van der Waals surface area contributed by atoms with Crippen LogP contribution in [0, 0.1) is 12.8 Å². The average molecular weight is 295 g/mol. The van der Waals surface area contributed by atoms with Gasteiger partial charge in [-0.25, -0.2) is 13.2 Å². The van der Waals surface area contributed by atoms with Crippen molar-refractivity contribution >= 4 is 27.8 Å². The van der Waals surface area contributed by atoms with Gasteiger partial charge in [-0.2, -0.15) is 0 Å². The summed E-state index contributed by atoms with van der Waals surface area (Å²) in [5.41, 5.74) is 2.17. The molecule has 1 unspecified atom stereocenters. The molecule has 0 saturated carbocycles. The lowest BCUT2D eigenvalue weighted by Gasteiger charge is -2.18. The highest BCUT2D eigenvalue weighted by Gasteiger charge is 2.33. The Morgan fingerprint density at radius 1 is 1.40 bits per heavy atom. The van der Waals surface area contributed by atoms with Gasteiger partial charge in [0.05, 0.1) is 11.4 Å². The first-order valence-electron chi connectivity index (χ1n) is 6.31. The number of carbonyl (C=O) groups is 1. The minimum absolute atomic E-state index is 0.0959. The van der Waals surface area contributed by atoms with E-state index < -0.39 is 16.0 Å². The van der Waals surface area contributed by atoms with Crippen molar-refractivity contribution in [3.63, 3.8) is 0 Å². The first kappa shape index (κ1) is 14.6. The molecule has 6 heteroatoms. The lowest BCUT2D eigenvalue weighted by molar-refractivity contribution is -0.131. The molecule has 1 N–H and O–H groups in total. The van der Waals surface area contributed by atoms with Crippen LogP contribution in [0.5, 0.6) is 0 Å². The average Bonchev–Trinajstić information content (AvgIpc) is 2.59.